The minimum atomic E-state index is -2.54. The summed E-state index contributed by atoms with van der Waals surface area (Å²) in [5.74, 6) is 1.96. The van der Waals surface area contributed by atoms with Gasteiger partial charge in [-0.25, -0.2) is 18.7 Å². The average Bonchev–Trinajstić information content (AvgIpc) is 3.34. The number of nitrogens with zero attached hydrogens (tertiary/aromatic N) is 6. The molecule has 2 N–H and O–H groups in total. The van der Waals surface area contributed by atoms with Crippen LogP contribution < -0.4 is 20.1 Å². The van der Waals surface area contributed by atoms with Gasteiger partial charge in [0.15, 0.2) is 23.0 Å². The lowest BCUT2D eigenvalue weighted by Crippen LogP contribution is -2.20. The normalized spacial score (nSPS) is 11.7. The van der Waals surface area contributed by atoms with Gasteiger partial charge >= 0.3 is 0 Å². The highest BCUT2D eigenvalue weighted by Gasteiger charge is 2.24. The van der Waals surface area contributed by atoms with E-state index in [2.05, 4.69) is 30.7 Å². The standard InChI is InChI=1S/C24H28F2N8O3/c1-13(35)29-18-9-14(7-8-27-18)37-15-11-28-22-20(21(15)36-6)33(5)23(31-22)30-19-10-16(24(2,3)4)34(32-19)12-17(25)26/h7-11,17H,12H2,1-6H3,(H,27,29,35)(H,28,30,31,32). The lowest BCUT2D eigenvalue weighted by atomic mass is 9.92. The number of fused-ring (bicyclic) bond motifs is 1. The SMILES string of the molecule is COc1c(Oc2ccnc(NC(C)=O)c2)cnc2nc(Nc3cc(C(C)(C)C)n(CC(F)F)n3)n(C)c12. The monoisotopic (exact) mass is 514 g/mol. The number of rotatable bonds is 8. The fraction of sp³-hybridized carbons (Fsp3) is 0.375. The summed E-state index contributed by atoms with van der Waals surface area (Å²) < 4.78 is 40.9. The van der Waals surface area contributed by atoms with Crippen LogP contribution in [0.3, 0.4) is 0 Å². The van der Waals surface area contributed by atoms with Crippen LogP contribution in [0.1, 0.15) is 33.4 Å². The van der Waals surface area contributed by atoms with Crippen LogP contribution in [-0.2, 0) is 23.8 Å². The molecule has 0 bridgehead atoms. The van der Waals surface area contributed by atoms with E-state index in [4.69, 9.17) is 9.47 Å². The van der Waals surface area contributed by atoms with E-state index in [0.717, 1.165) is 0 Å². The van der Waals surface area contributed by atoms with Crippen LogP contribution in [0.5, 0.6) is 17.2 Å². The topological polar surface area (TPSA) is 121 Å². The number of carbonyl (C=O) groups is 1. The van der Waals surface area contributed by atoms with Gasteiger partial charge in [-0.1, -0.05) is 20.8 Å². The molecule has 1 amide bonds. The highest BCUT2D eigenvalue weighted by Crippen LogP contribution is 2.38. The minimum absolute atomic E-state index is 0.256. The number of aromatic nitrogens is 6. The van der Waals surface area contributed by atoms with Gasteiger partial charge in [-0.3, -0.25) is 9.48 Å². The van der Waals surface area contributed by atoms with E-state index in [-0.39, 0.29) is 5.91 Å². The van der Waals surface area contributed by atoms with Gasteiger partial charge in [0.05, 0.1) is 13.3 Å². The summed E-state index contributed by atoms with van der Waals surface area (Å²) in [4.78, 5) is 24.3. The van der Waals surface area contributed by atoms with Crippen LogP contribution in [0.2, 0.25) is 0 Å². The first-order valence-electron chi connectivity index (χ1n) is 11.4. The number of methoxy groups -OCH3 is 1. The summed E-state index contributed by atoms with van der Waals surface area (Å²) in [6.45, 7) is 6.68. The second-order valence-corrected chi connectivity index (χ2v) is 9.35. The van der Waals surface area contributed by atoms with Crippen molar-refractivity contribution in [3.8, 4) is 17.2 Å². The molecule has 0 unspecified atom stereocenters. The minimum Gasteiger partial charge on any atom is -0.491 e. The Bertz CT molecular complexity index is 1440. The first-order chi connectivity index (χ1) is 17.5. The van der Waals surface area contributed by atoms with Gasteiger partial charge in [0, 0.05) is 43.4 Å². The summed E-state index contributed by atoms with van der Waals surface area (Å²) in [6.07, 6.45) is 0.446. The van der Waals surface area contributed by atoms with Crippen molar-refractivity contribution < 1.29 is 23.0 Å². The van der Waals surface area contributed by atoms with Gasteiger partial charge in [0.2, 0.25) is 11.9 Å². The average molecular weight is 515 g/mol. The highest BCUT2D eigenvalue weighted by atomic mass is 19.3. The summed E-state index contributed by atoms with van der Waals surface area (Å²) in [7, 11) is 3.26. The number of ether oxygens (including phenoxy) is 2. The molecule has 0 fully saturated rings. The number of hydrogen-bond acceptors (Lipinski definition) is 8. The number of nitrogens with one attached hydrogen (secondary N) is 2. The van der Waals surface area contributed by atoms with Crippen molar-refractivity contribution in [2.75, 3.05) is 17.7 Å². The smallest absolute Gasteiger partial charge is 0.257 e. The molecule has 0 spiro atoms. The summed E-state index contributed by atoms with van der Waals surface area (Å²) >= 11 is 0. The molecule has 0 aromatic carbocycles. The van der Waals surface area contributed by atoms with Crippen LogP contribution in [0, 0.1) is 0 Å². The van der Waals surface area contributed by atoms with E-state index in [1.54, 1.807) is 29.8 Å². The van der Waals surface area contributed by atoms with Gasteiger partial charge in [-0.2, -0.15) is 10.1 Å². The summed E-state index contributed by atoms with van der Waals surface area (Å²) in [5.41, 5.74) is 1.20. The predicted octanol–water partition coefficient (Wildman–Crippen LogP) is 4.63. The molecule has 0 atom stereocenters. The first kappa shape index (κ1) is 25.8. The zero-order chi connectivity index (χ0) is 26.9. The third kappa shape index (κ3) is 5.60. The number of aryl methyl sites for hydroxylation is 1. The van der Waals surface area contributed by atoms with Crippen molar-refractivity contribution in [3.63, 3.8) is 0 Å². The molecule has 0 radical (unpaired) electrons. The van der Waals surface area contributed by atoms with Crippen LogP contribution in [0.25, 0.3) is 11.2 Å². The zero-order valence-corrected chi connectivity index (χ0v) is 21.3. The molecule has 4 aromatic heterocycles. The fourth-order valence-electron chi connectivity index (χ4n) is 3.82. The number of imidazole rings is 1. The quantitative estimate of drug-likeness (QED) is 0.349. The molecule has 4 aromatic rings. The Labute approximate surface area is 211 Å². The second-order valence-electron chi connectivity index (χ2n) is 9.35. The molecular formula is C24H28F2N8O3. The van der Waals surface area contributed by atoms with E-state index in [9.17, 15) is 13.6 Å². The summed E-state index contributed by atoms with van der Waals surface area (Å²) in [6, 6.07) is 4.94. The Hall–Kier alpha value is -4.29. The Kier molecular flexibility index (Phi) is 6.96. The van der Waals surface area contributed by atoms with Crippen molar-refractivity contribution in [2.24, 2.45) is 7.05 Å². The van der Waals surface area contributed by atoms with Crippen LogP contribution in [-0.4, -0.2) is 48.7 Å². The van der Waals surface area contributed by atoms with Gasteiger partial charge < -0.3 is 24.7 Å². The molecule has 13 heteroatoms. The van der Waals surface area contributed by atoms with E-state index in [1.165, 1.54) is 31.1 Å². The molecule has 0 aliphatic heterocycles. The largest absolute Gasteiger partial charge is 0.491 e. The van der Waals surface area contributed by atoms with Crippen molar-refractivity contribution in [2.45, 2.75) is 46.1 Å². The molecule has 11 nitrogen and oxygen atoms in total. The van der Waals surface area contributed by atoms with E-state index in [1.807, 2.05) is 20.8 Å². The number of hydrogen-bond donors (Lipinski definition) is 2. The molecule has 0 saturated heterocycles. The Morgan fingerprint density at radius 3 is 2.59 bits per heavy atom. The maximum absolute atomic E-state index is 13.1. The predicted molar refractivity (Wildman–Crippen MR) is 134 cm³/mol. The molecule has 0 saturated carbocycles. The van der Waals surface area contributed by atoms with Crippen molar-refractivity contribution in [1.29, 1.82) is 0 Å². The van der Waals surface area contributed by atoms with Crippen molar-refractivity contribution >= 4 is 34.7 Å². The molecular weight excluding hydrogens is 486 g/mol. The molecule has 0 aliphatic rings. The molecule has 4 rings (SSSR count). The van der Waals surface area contributed by atoms with Crippen LogP contribution in [0.15, 0.2) is 30.6 Å². The number of halogens is 2. The number of anilines is 3. The molecule has 0 aliphatic carbocycles. The van der Waals surface area contributed by atoms with Crippen molar-refractivity contribution in [1.82, 2.24) is 29.3 Å². The lowest BCUT2D eigenvalue weighted by Gasteiger charge is -2.19. The molecule has 196 valence electrons. The third-order valence-corrected chi connectivity index (χ3v) is 5.39. The van der Waals surface area contributed by atoms with Gasteiger partial charge in [0.1, 0.15) is 23.6 Å². The van der Waals surface area contributed by atoms with E-state index < -0.39 is 18.4 Å². The zero-order valence-electron chi connectivity index (χ0n) is 21.3. The van der Waals surface area contributed by atoms with E-state index >= 15 is 0 Å². The highest BCUT2D eigenvalue weighted by molar-refractivity contribution is 5.88. The molecule has 37 heavy (non-hydrogen) atoms. The van der Waals surface area contributed by atoms with Crippen LogP contribution >= 0.6 is 0 Å². The Morgan fingerprint density at radius 1 is 1.19 bits per heavy atom. The lowest BCUT2D eigenvalue weighted by molar-refractivity contribution is -0.114. The van der Waals surface area contributed by atoms with Gasteiger partial charge in [-0.15, -0.1) is 0 Å². The Morgan fingerprint density at radius 2 is 1.95 bits per heavy atom. The Balaban J connectivity index is 1.68. The number of amides is 1. The van der Waals surface area contributed by atoms with Crippen LogP contribution in [0.4, 0.5) is 26.4 Å². The van der Waals surface area contributed by atoms with Crippen molar-refractivity contribution in [3.05, 3.63) is 36.3 Å². The van der Waals surface area contributed by atoms with E-state index in [0.29, 0.717) is 51.7 Å². The number of carbonyl (C=O) groups excluding carboxylic acids is 1. The first-order valence-corrected chi connectivity index (χ1v) is 11.4. The maximum atomic E-state index is 13.1. The fourth-order valence-corrected chi connectivity index (χ4v) is 3.82. The van der Waals surface area contributed by atoms with Gasteiger partial charge in [0.25, 0.3) is 6.43 Å². The maximum Gasteiger partial charge on any atom is 0.257 e. The molecule has 4 heterocycles. The summed E-state index contributed by atoms with van der Waals surface area (Å²) in [5, 5.41) is 10.0. The van der Waals surface area contributed by atoms with Gasteiger partial charge in [-0.05, 0) is 6.07 Å². The third-order valence-electron chi connectivity index (χ3n) is 5.39. The second kappa shape index (κ2) is 9.99. The number of pyridine rings is 2. The number of alkyl halides is 2.